The lowest BCUT2D eigenvalue weighted by atomic mass is 10.1. The Morgan fingerprint density at radius 2 is 2.21 bits per heavy atom. The number of ether oxygens (including phenoxy) is 1. The van der Waals surface area contributed by atoms with Gasteiger partial charge >= 0.3 is 0 Å². The number of nitriles is 1. The Morgan fingerprint density at radius 1 is 1.57 bits per heavy atom. The van der Waals surface area contributed by atoms with Crippen molar-refractivity contribution in [3.05, 3.63) is 17.3 Å². The number of aromatic nitrogens is 1. The van der Waals surface area contributed by atoms with Gasteiger partial charge in [-0.15, -0.1) is 12.6 Å². The maximum atomic E-state index is 8.80. The van der Waals surface area contributed by atoms with Crippen LogP contribution in [0.2, 0.25) is 0 Å². The Hall–Kier alpha value is -1.21. The van der Waals surface area contributed by atoms with Crippen molar-refractivity contribution < 1.29 is 4.74 Å². The van der Waals surface area contributed by atoms with E-state index in [9.17, 15) is 0 Å². The topological polar surface area (TPSA) is 45.9 Å². The van der Waals surface area contributed by atoms with Crippen LogP contribution in [-0.4, -0.2) is 12.1 Å². The molecule has 0 saturated carbocycles. The van der Waals surface area contributed by atoms with Crippen molar-refractivity contribution in [1.29, 1.82) is 5.26 Å². The van der Waals surface area contributed by atoms with Crippen LogP contribution in [0.15, 0.2) is 11.0 Å². The van der Waals surface area contributed by atoms with Gasteiger partial charge in [-0.25, -0.2) is 4.98 Å². The molecule has 0 aliphatic rings. The minimum atomic E-state index is 0.268. The molecule has 0 fully saturated rings. The van der Waals surface area contributed by atoms with E-state index in [2.05, 4.69) is 17.6 Å². The van der Waals surface area contributed by atoms with E-state index < -0.39 is 0 Å². The molecule has 0 unspecified atom stereocenters. The Balaban J connectivity index is 3.32. The summed E-state index contributed by atoms with van der Waals surface area (Å²) in [6.45, 7) is 4.04. The van der Waals surface area contributed by atoms with Gasteiger partial charge in [0.25, 0.3) is 0 Å². The molecule has 1 heterocycles. The Bertz CT molecular complexity index is 382. The van der Waals surface area contributed by atoms with Crippen LogP contribution in [0.4, 0.5) is 0 Å². The lowest BCUT2D eigenvalue weighted by Crippen LogP contribution is -2.00. The summed E-state index contributed by atoms with van der Waals surface area (Å²) < 4.78 is 5.01. The molecule has 0 aliphatic carbocycles. The molecule has 4 heteroatoms. The highest BCUT2D eigenvalue weighted by Gasteiger charge is 2.12. The molecule has 0 amide bonds. The van der Waals surface area contributed by atoms with Gasteiger partial charge in [-0.2, -0.15) is 5.26 Å². The Kier molecular flexibility index (Phi) is 3.37. The van der Waals surface area contributed by atoms with Crippen molar-refractivity contribution >= 4 is 12.6 Å². The van der Waals surface area contributed by atoms with Crippen molar-refractivity contribution in [3.63, 3.8) is 0 Å². The fourth-order valence-electron chi connectivity index (χ4n) is 1.16. The zero-order valence-corrected chi connectivity index (χ0v) is 9.30. The van der Waals surface area contributed by atoms with Crippen LogP contribution in [0, 0.1) is 11.3 Å². The van der Waals surface area contributed by atoms with Gasteiger partial charge in [-0.05, 0) is 12.0 Å². The monoisotopic (exact) mass is 208 g/mol. The van der Waals surface area contributed by atoms with Crippen molar-refractivity contribution in [3.8, 4) is 11.9 Å². The zero-order chi connectivity index (χ0) is 10.7. The van der Waals surface area contributed by atoms with E-state index in [0.717, 1.165) is 10.6 Å². The van der Waals surface area contributed by atoms with Crippen LogP contribution in [0.5, 0.6) is 5.88 Å². The van der Waals surface area contributed by atoms with Gasteiger partial charge in [0.2, 0.25) is 5.88 Å². The minimum absolute atomic E-state index is 0.268. The second kappa shape index (κ2) is 4.34. The van der Waals surface area contributed by atoms with Crippen molar-refractivity contribution in [2.24, 2.45) is 0 Å². The molecule has 0 aliphatic heterocycles. The van der Waals surface area contributed by atoms with Gasteiger partial charge in [-0.1, -0.05) is 13.8 Å². The number of rotatable bonds is 2. The van der Waals surface area contributed by atoms with E-state index in [1.807, 2.05) is 19.9 Å². The number of nitrogens with zero attached hydrogens (tertiary/aromatic N) is 2. The standard InChI is InChI=1S/C10H12N2OS/c1-6(2)9-8(14)4-7(5-11)10(12-9)13-3/h4,6,14H,1-3H3. The summed E-state index contributed by atoms with van der Waals surface area (Å²) in [7, 11) is 1.51. The summed E-state index contributed by atoms with van der Waals surface area (Å²) >= 11 is 4.28. The first-order chi connectivity index (χ1) is 6.60. The van der Waals surface area contributed by atoms with Crippen LogP contribution in [0.3, 0.4) is 0 Å². The van der Waals surface area contributed by atoms with E-state index in [4.69, 9.17) is 10.00 Å². The van der Waals surface area contributed by atoms with Crippen LogP contribution >= 0.6 is 12.6 Å². The SMILES string of the molecule is COc1nc(C(C)C)c(S)cc1C#N. The van der Waals surface area contributed by atoms with Crippen LogP contribution in [0.25, 0.3) is 0 Å². The predicted octanol–water partition coefficient (Wildman–Crippen LogP) is 2.37. The second-order valence-electron chi connectivity index (χ2n) is 3.22. The predicted molar refractivity (Wildman–Crippen MR) is 56.8 cm³/mol. The first kappa shape index (κ1) is 10.9. The van der Waals surface area contributed by atoms with Crippen molar-refractivity contribution in [2.45, 2.75) is 24.7 Å². The Morgan fingerprint density at radius 3 is 2.64 bits per heavy atom. The third-order valence-corrected chi connectivity index (χ3v) is 2.21. The average Bonchev–Trinajstić information content (AvgIpc) is 2.16. The van der Waals surface area contributed by atoms with Gasteiger partial charge in [0.15, 0.2) is 0 Å². The lowest BCUT2D eigenvalue weighted by molar-refractivity contribution is 0.393. The van der Waals surface area contributed by atoms with Crippen LogP contribution in [0.1, 0.15) is 31.0 Å². The molecule has 0 spiro atoms. The molecule has 1 rings (SSSR count). The largest absolute Gasteiger partial charge is 0.480 e. The van der Waals surface area contributed by atoms with E-state index in [1.54, 1.807) is 6.07 Å². The number of thiol groups is 1. The number of hydrogen-bond donors (Lipinski definition) is 1. The molecule has 1 aromatic heterocycles. The van der Waals surface area contributed by atoms with Crippen LogP contribution < -0.4 is 4.74 Å². The molecule has 3 nitrogen and oxygen atoms in total. The van der Waals surface area contributed by atoms with Crippen molar-refractivity contribution in [2.75, 3.05) is 7.11 Å². The fourth-order valence-corrected chi connectivity index (χ4v) is 1.60. The first-order valence-electron chi connectivity index (χ1n) is 4.28. The molecular weight excluding hydrogens is 196 g/mol. The Labute approximate surface area is 89.1 Å². The molecule has 0 N–H and O–H groups in total. The number of pyridine rings is 1. The summed E-state index contributed by atoms with van der Waals surface area (Å²) in [5, 5.41) is 8.80. The molecule has 0 atom stereocenters. The van der Waals surface area contributed by atoms with E-state index in [0.29, 0.717) is 11.4 Å². The fraction of sp³-hybridized carbons (Fsp3) is 0.400. The quantitative estimate of drug-likeness (QED) is 0.759. The van der Waals surface area contributed by atoms with Crippen LogP contribution in [-0.2, 0) is 0 Å². The molecule has 0 aromatic carbocycles. The summed E-state index contributed by atoms with van der Waals surface area (Å²) in [6.07, 6.45) is 0. The van der Waals surface area contributed by atoms with Gasteiger partial charge < -0.3 is 4.74 Å². The van der Waals surface area contributed by atoms with E-state index >= 15 is 0 Å². The van der Waals surface area contributed by atoms with Gasteiger partial charge in [0.05, 0.1) is 12.8 Å². The number of methoxy groups -OCH3 is 1. The summed E-state index contributed by atoms with van der Waals surface area (Å²) in [4.78, 5) is 4.97. The normalized spacial score (nSPS) is 10.0. The molecule has 14 heavy (non-hydrogen) atoms. The third kappa shape index (κ3) is 1.99. The highest BCUT2D eigenvalue weighted by Crippen LogP contribution is 2.26. The molecule has 0 saturated heterocycles. The zero-order valence-electron chi connectivity index (χ0n) is 8.40. The average molecular weight is 208 g/mol. The second-order valence-corrected chi connectivity index (χ2v) is 3.70. The first-order valence-corrected chi connectivity index (χ1v) is 4.72. The molecule has 74 valence electrons. The third-order valence-electron chi connectivity index (χ3n) is 1.86. The van der Waals surface area contributed by atoms with Gasteiger partial charge in [0.1, 0.15) is 11.6 Å². The highest BCUT2D eigenvalue weighted by atomic mass is 32.1. The smallest absolute Gasteiger partial charge is 0.231 e. The summed E-state index contributed by atoms with van der Waals surface area (Å²) in [6, 6.07) is 3.70. The lowest BCUT2D eigenvalue weighted by Gasteiger charge is -2.10. The number of hydrogen-bond acceptors (Lipinski definition) is 4. The minimum Gasteiger partial charge on any atom is -0.480 e. The van der Waals surface area contributed by atoms with E-state index in [1.165, 1.54) is 7.11 Å². The summed E-state index contributed by atoms with van der Waals surface area (Å²) in [5.74, 6) is 0.637. The van der Waals surface area contributed by atoms with Gasteiger partial charge in [-0.3, -0.25) is 0 Å². The van der Waals surface area contributed by atoms with Gasteiger partial charge in [0, 0.05) is 4.90 Å². The molecule has 1 aromatic rings. The maximum Gasteiger partial charge on any atom is 0.231 e. The maximum absolute atomic E-state index is 8.80. The summed E-state index contributed by atoms with van der Waals surface area (Å²) in [5.41, 5.74) is 1.27. The highest BCUT2D eigenvalue weighted by molar-refractivity contribution is 7.80. The molecule has 0 radical (unpaired) electrons. The van der Waals surface area contributed by atoms with Crippen molar-refractivity contribution in [1.82, 2.24) is 4.98 Å². The molecule has 0 bridgehead atoms. The van der Waals surface area contributed by atoms with E-state index in [-0.39, 0.29) is 5.92 Å². The molecular formula is C10H12N2OS.